The number of benzene rings is 1. The number of aliphatic carboxylic acids is 1. The van der Waals surface area contributed by atoms with Crippen LogP contribution < -0.4 is 4.74 Å². The molecule has 1 rings (SSSR count). The number of ether oxygens (including phenoxy) is 1. The number of carboxylic acids is 1. The van der Waals surface area contributed by atoms with Crippen molar-refractivity contribution in [1.82, 2.24) is 0 Å². The van der Waals surface area contributed by atoms with Crippen LogP contribution in [0.5, 0.6) is 5.75 Å². The van der Waals surface area contributed by atoms with Gasteiger partial charge in [-0.15, -0.1) is 0 Å². The highest BCUT2D eigenvalue weighted by atomic mass is 19.3. The normalized spacial score (nSPS) is 14.8. The summed E-state index contributed by atoms with van der Waals surface area (Å²) in [6.45, 7) is 0. The topological polar surface area (TPSA) is 87.0 Å². The zero-order chi connectivity index (χ0) is 16.2. The van der Waals surface area contributed by atoms with Gasteiger partial charge in [0.2, 0.25) is 0 Å². The molecule has 118 valence electrons. The van der Waals surface area contributed by atoms with Gasteiger partial charge in [-0.3, -0.25) is 4.79 Å². The monoisotopic (exact) mass is 312 g/mol. The quantitative estimate of drug-likeness (QED) is 0.668. The molecule has 0 fully saturated rings. The maximum Gasteiger partial charge on any atom is 0.461 e. The maximum atomic E-state index is 12.7. The van der Waals surface area contributed by atoms with E-state index < -0.39 is 42.9 Å². The lowest BCUT2D eigenvalue weighted by atomic mass is 10.0. The number of aliphatic hydroxyl groups excluding tert-OH is 2. The van der Waals surface area contributed by atoms with Gasteiger partial charge in [-0.1, -0.05) is 12.1 Å². The number of carboxylic acid groups (broad SMARTS) is 1. The fourth-order valence-electron chi connectivity index (χ4n) is 1.48. The second-order valence-electron chi connectivity index (χ2n) is 4.15. The standard InChI is InChI=1S/C12H12F4O5/c13-11(14)12(15,16)21-7-3-1-2-6(4-7)10(20)8(17)5-9(18)19/h1-4,8,10-11,17,20H,5H2,(H,18,19). The molecule has 9 heteroatoms. The number of halogens is 4. The highest BCUT2D eigenvalue weighted by Gasteiger charge is 2.44. The lowest BCUT2D eigenvalue weighted by Crippen LogP contribution is -2.33. The van der Waals surface area contributed by atoms with Crippen LogP contribution in [0.1, 0.15) is 18.1 Å². The van der Waals surface area contributed by atoms with Crippen molar-refractivity contribution in [2.24, 2.45) is 0 Å². The largest absolute Gasteiger partial charge is 0.481 e. The van der Waals surface area contributed by atoms with Crippen LogP contribution >= 0.6 is 0 Å². The van der Waals surface area contributed by atoms with E-state index in [9.17, 15) is 32.6 Å². The summed E-state index contributed by atoms with van der Waals surface area (Å²) in [7, 11) is 0. The van der Waals surface area contributed by atoms with E-state index in [4.69, 9.17) is 5.11 Å². The number of rotatable bonds is 7. The van der Waals surface area contributed by atoms with Crippen molar-refractivity contribution in [2.75, 3.05) is 0 Å². The van der Waals surface area contributed by atoms with E-state index in [0.29, 0.717) is 0 Å². The van der Waals surface area contributed by atoms with Crippen LogP contribution in [0.2, 0.25) is 0 Å². The van der Waals surface area contributed by atoms with Crippen LogP contribution in [0.4, 0.5) is 17.6 Å². The molecule has 0 saturated heterocycles. The van der Waals surface area contributed by atoms with Gasteiger partial charge in [-0.2, -0.15) is 17.6 Å². The first-order valence-corrected chi connectivity index (χ1v) is 5.66. The van der Waals surface area contributed by atoms with Crippen molar-refractivity contribution in [2.45, 2.75) is 31.2 Å². The second kappa shape index (κ2) is 6.72. The minimum Gasteiger partial charge on any atom is -0.481 e. The Hall–Kier alpha value is -1.87. The zero-order valence-electron chi connectivity index (χ0n) is 10.4. The van der Waals surface area contributed by atoms with E-state index in [2.05, 4.69) is 4.74 Å². The molecule has 0 spiro atoms. The van der Waals surface area contributed by atoms with Crippen LogP contribution in [0.25, 0.3) is 0 Å². The molecule has 0 aliphatic heterocycles. The Morgan fingerprint density at radius 2 is 1.90 bits per heavy atom. The Morgan fingerprint density at radius 1 is 1.29 bits per heavy atom. The molecule has 1 aromatic carbocycles. The minimum absolute atomic E-state index is 0.147. The van der Waals surface area contributed by atoms with Gasteiger partial charge < -0.3 is 20.1 Å². The van der Waals surface area contributed by atoms with Gasteiger partial charge in [0.15, 0.2) is 0 Å². The Balaban J connectivity index is 2.88. The van der Waals surface area contributed by atoms with Gasteiger partial charge in [0.1, 0.15) is 11.9 Å². The predicted molar refractivity (Wildman–Crippen MR) is 61.2 cm³/mol. The molecule has 5 nitrogen and oxygen atoms in total. The zero-order valence-corrected chi connectivity index (χ0v) is 10.4. The Morgan fingerprint density at radius 3 is 2.43 bits per heavy atom. The Labute approximate surface area is 116 Å². The Bertz CT molecular complexity index is 494. The summed E-state index contributed by atoms with van der Waals surface area (Å²) >= 11 is 0. The molecule has 21 heavy (non-hydrogen) atoms. The molecule has 0 aliphatic rings. The molecule has 0 saturated carbocycles. The molecule has 0 aromatic heterocycles. The summed E-state index contributed by atoms with van der Waals surface area (Å²) in [6, 6.07) is 4.09. The lowest BCUT2D eigenvalue weighted by molar-refractivity contribution is -0.253. The number of alkyl halides is 4. The molecule has 2 atom stereocenters. The first-order chi connectivity index (χ1) is 9.63. The van der Waals surface area contributed by atoms with Crippen molar-refractivity contribution in [3.05, 3.63) is 29.8 Å². The molecule has 0 radical (unpaired) electrons. The number of carbonyl (C=O) groups is 1. The summed E-state index contributed by atoms with van der Waals surface area (Å²) in [5, 5.41) is 27.5. The molecule has 0 amide bonds. The maximum absolute atomic E-state index is 12.7. The van der Waals surface area contributed by atoms with Gasteiger partial charge in [0, 0.05) is 0 Å². The molecule has 1 aromatic rings. The summed E-state index contributed by atoms with van der Waals surface area (Å²) in [4.78, 5) is 10.4. The summed E-state index contributed by atoms with van der Waals surface area (Å²) < 4.78 is 53.3. The summed E-state index contributed by atoms with van der Waals surface area (Å²) in [5.41, 5.74) is -0.147. The number of aliphatic hydroxyl groups is 2. The van der Waals surface area contributed by atoms with Crippen molar-refractivity contribution in [1.29, 1.82) is 0 Å². The molecule has 0 aliphatic carbocycles. The fourth-order valence-corrected chi connectivity index (χ4v) is 1.48. The minimum atomic E-state index is -4.71. The van der Waals surface area contributed by atoms with Crippen LogP contribution in [0, 0.1) is 0 Å². The molecule has 2 unspecified atom stereocenters. The average Bonchev–Trinajstić information content (AvgIpc) is 2.36. The first-order valence-electron chi connectivity index (χ1n) is 5.66. The molecular weight excluding hydrogens is 300 g/mol. The van der Waals surface area contributed by atoms with Crippen molar-refractivity contribution >= 4 is 5.97 Å². The highest BCUT2D eigenvalue weighted by Crippen LogP contribution is 2.29. The molecule has 0 bridgehead atoms. The van der Waals surface area contributed by atoms with E-state index in [1.54, 1.807) is 0 Å². The van der Waals surface area contributed by atoms with Crippen molar-refractivity contribution < 1.29 is 42.4 Å². The van der Waals surface area contributed by atoms with Gasteiger partial charge in [-0.05, 0) is 17.7 Å². The van der Waals surface area contributed by atoms with Crippen molar-refractivity contribution in [3.63, 3.8) is 0 Å². The van der Waals surface area contributed by atoms with Crippen molar-refractivity contribution in [3.8, 4) is 5.75 Å². The third-order valence-corrected chi connectivity index (χ3v) is 2.46. The van der Waals surface area contributed by atoms with Gasteiger partial charge in [0.05, 0.1) is 12.5 Å². The Kier molecular flexibility index (Phi) is 5.50. The fraction of sp³-hybridized carbons (Fsp3) is 0.417. The van der Waals surface area contributed by atoms with Gasteiger partial charge in [-0.25, -0.2) is 0 Å². The molecular formula is C12H12F4O5. The van der Waals surface area contributed by atoms with Gasteiger partial charge >= 0.3 is 18.5 Å². The van der Waals surface area contributed by atoms with Crippen LogP contribution in [0.3, 0.4) is 0 Å². The first kappa shape index (κ1) is 17.2. The predicted octanol–water partition coefficient (Wildman–Crippen LogP) is 1.79. The van der Waals surface area contributed by atoms with Crippen LogP contribution in [0.15, 0.2) is 24.3 Å². The van der Waals surface area contributed by atoms with Crippen LogP contribution in [-0.4, -0.2) is 39.9 Å². The van der Waals surface area contributed by atoms with Crippen LogP contribution in [-0.2, 0) is 4.79 Å². The number of hydrogen-bond acceptors (Lipinski definition) is 4. The smallest absolute Gasteiger partial charge is 0.461 e. The number of hydrogen-bond donors (Lipinski definition) is 3. The third-order valence-electron chi connectivity index (χ3n) is 2.46. The molecule has 3 N–H and O–H groups in total. The summed E-state index contributed by atoms with van der Waals surface area (Å²) in [5.74, 6) is -2.03. The van der Waals surface area contributed by atoms with E-state index >= 15 is 0 Å². The van der Waals surface area contributed by atoms with E-state index in [1.165, 1.54) is 6.07 Å². The molecule has 0 heterocycles. The SMILES string of the molecule is O=C(O)CC(O)C(O)c1cccc(OC(F)(F)C(F)F)c1. The second-order valence-corrected chi connectivity index (χ2v) is 4.15. The third kappa shape index (κ3) is 4.87. The lowest BCUT2D eigenvalue weighted by Gasteiger charge is -2.19. The van der Waals surface area contributed by atoms with E-state index in [-0.39, 0.29) is 5.56 Å². The average molecular weight is 312 g/mol. The highest BCUT2D eigenvalue weighted by molar-refractivity contribution is 5.67. The van der Waals surface area contributed by atoms with Gasteiger partial charge in [0.25, 0.3) is 0 Å². The van der Waals surface area contributed by atoms with E-state index in [0.717, 1.165) is 18.2 Å². The van der Waals surface area contributed by atoms with E-state index in [1.807, 2.05) is 0 Å². The summed E-state index contributed by atoms with van der Waals surface area (Å²) in [6.07, 6.45) is -12.9.